The lowest BCUT2D eigenvalue weighted by Crippen LogP contribution is -2.15. The number of alkyl halides is 3. The summed E-state index contributed by atoms with van der Waals surface area (Å²) in [5, 5.41) is -1.37. The van der Waals surface area contributed by atoms with Crippen molar-refractivity contribution in [3.63, 3.8) is 0 Å². The fourth-order valence-corrected chi connectivity index (χ4v) is 3.49. The molecule has 1 fully saturated rings. The number of allylic oxidation sites excluding steroid dienone is 2. The van der Waals surface area contributed by atoms with E-state index in [1.807, 2.05) is 0 Å². The molecule has 1 saturated carbocycles. The van der Waals surface area contributed by atoms with Crippen molar-refractivity contribution in [3.05, 3.63) is 39.7 Å². The molecule has 1 aromatic rings. The minimum atomic E-state index is -4.76. The number of rotatable bonds is 8. The Morgan fingerprint density at radius 2 is 1.68 bits per heavy atom. The number of carbonyl (C=O) groups is 1. The van der Waals surface area contributed by atoms with Crippen molar-refractivity contribution in [2.24, 2.45) is 17.3 Å². The predicted octanol–water partition coefficient (Wildman–Crippen LogP) is 5.65. The van der Waals surface area contributed by atoms with Gasteiger partial charge in [0, 0.05) is 7.11 Å². The lowest BCUT2D eigenvalue weighted by molar-refractivity contribution is -0.147. The Bertz CT molecular complexity index is 882. The predicted molar refractivity (Wildman–Crippen MR) is 98.7 cm³/mol. The quantitative estimate of drug-likeness (QED) is 0.277. The summed E-state index contributed by atoms with van der Waals surface area (Å²) in [6.45, 7) is 3.03. The number of hydrogen-bond donors (Lipinski definition) is 0. The topological polar surface area (TPSA) is 44.8 Å². The number of carbonyl (C=O) groups excluding carboxylic acids is 1. The summed E-state index contributed by atoms with van der Waals surface area (Å²) in [4.78, 5) is 12.4. The average Bonchev–Trinajstić information content (AvgIpc) is 3.22. The number of esters is 1. The van der Waals surface area contributed by atoms with Crippen molar-refractivity contribution < 1.29 is 45.3 Å². The number of benzene rings is 1. The van der Waals surface area contributed by atoms with Crippen LogP contribution >= 0.6 is 11.6 Å². The molecule has 1 aliphatic carbocycles. The van der Waals surface area contributed by atoms with E-state index in [1.165, 1.54) is 27.9 Å². The summed E-state index contributed by atoms with van der Waals surface area (Å²) in [7, 11) is 1.17. The molecule has 11 heteroatoms. The van der Waals surface area contributed by atoms with Crippen molar-refractivity contribution >= 4 is 17.6 Å². The van der Waals surface area contributed by atoms with Gasteiger partial charge in [0.2, 0.25) is 0 Å². The molecule has 0 saturated heterocycles. The van der Waals surface area contributed by atoms with E-state index in [0.717, 1.165) is 6.08 Å². The van der Waals surface area contributed by atoms with Crippen LogP contribution in [-0.4, -0.2) is 25.9 Å². The lowest BCUT2D eigenvalue weighted by atomic mass is 10.1. The molecule has 0 N–H and O–H groups in total. The third-order valence-corrected chi connectivity index (χ3v) is 5.50. The minimum absolute atomic E-state index is 0.0895. The highest BCUT2D eigenvalue weighted by atomic mass is 35.5. The standard InChI is InChI=1S/C20H21ClF6O4/c1-5-30-17-10(15(23)14(22)9(7-29-4)16(17)24)8-31-18(28)13-11(19(13,2)3)6-12(21)20(25,26)27/h6,11,13H,5,7-8H2,1-4H3/t11-,13-/m0/s1. The summed E-state index contributed by atoms with van der Waals surface area (Å²) < 4.78 is 96.1. The average molecular weight is 475 g/mol. The van der Waals surface area contributed by atoms with Gasteiger partial charge < -0.3 is 14.2 Å². The van der Waals surface area contributed by atoms with Gasteiger partial charge in [0.05, 0.1) is 30.3 Å². The number of methoxy groups -OCH3 is 1. The number of halogens is 7. The smallest absolute Gasteiger partial charge is 0.426 e. The molecule has 0 aliphatic heterocycles. The molecular weight excluding hydrogens is 454 g/mol. The zero-order valence-electron chi connectivity index (χ0n) is 17.1. The largest absolute Gasteiger partial charge is 0.490 e. The Morgan fingerprint density at radius 3 is 2.19 bits per heavy atom. The van der Waals surface area contributed by atoms with Gasteiger partial charge in [0.15, 0.2) is 23.2 Å². The van der Waals surface area contributed by atoms with Gasteiger partial charge >= 0.3 is 12.1 Å². The molecule has 2 atom stereocenters. The van der Waals surface area contributed by atoms with Gasteiger partial charge in [-0.3, -0.25) is 4.79 Å². The summed E-state index contributed by atoms with van der Waals surface area (Å²) in [6.07, 6.45) is -4.04. The van der Waals surface area contributed by atoms with Crippen LogP contribution in [0.15, 0.2) is 11.1 Å². The van der Waals surface area contributed by atoms with Gasteiger partial charge in [0.1, 0.15) is 11.6 Å². The first-order valence-electron chi connectivity index (χ1n) is 9.20. The van der Waals surface area contributed by atoms with Crippen molar-refractivity contribution in [3.8, 4) is 5.75 Å². The molecule has 174 valence electrons. The molecule has 0 heterocycles. The van der Waals surface area contributed by atoms with Gasteiger partial charge in [-0.2, -0.15) is 13.2 Å². The van der Waals surface area contributed by atoms with Crippen LogP contribution < -0.4 is 4.74 Å². The van der Waals surface area contributed by atoms with Crippen LogP contribution in [0.3, 0.4) is 0 Å². The van der Waals surface area contributed by atoms with Gasteiger partial charge in [0.25, 0.3) is 0 Å². The van der Waals surface area contributed by atoms with E-state index in [-0.39, 0.29) is 6.61 Å². The van der Waals surface area contributed by atoms with Crippen molar-refractivity contribution in [2.75, 3.05) is 13.7 Å². The maximum Gasteiger partial charge on any atom is 0.426 e. The maximum absolute atomic E-state index is 14.6. The zero-order chi connectivity index (χ0) is 23.7. The van der Waals surface area contributed by atoms with Crippen LogP contribution in [0.1, 0.15) is 31.9 Å². The third-order valence-electron chi connectivity index (χ3n) is 5.16. The summed E-state index contributed by atoms with van der Waals surface area (Å²) >= 11 is 5.24. The van der Waals surface area contributed by atoms with Crippen LogP contribution in [0, 0.1) is 34.7 Å². The van der Waals surface area contributed by atoms with Gasteiger partial charge in [-0.25, -0.2) is 13.2 Å². The Morgan fingerprint density at radius 1 is 1.10 bits per heavy atom. The van der Waals surface area contributed by atoms with Crippen molar-refractivity contribution in [1.82, 2.24) is 0 Å². The highest BCUT2D eigenvalue weighted by molar-refractivity contribution is 6.30. The Labute approximate surface area is 180 Å². The Hall–Kier alpha value is -1.94. The van der Waals surface area contributed by atoms with Gasteiger partial charge in [-0.05, 0) is 18.3 Å². The van der Waals surface area contributed by atoms with Crippen LogP contribution in [0.25, 0.3) is 0 Å². The van der Waals surface area contributed by atoms with Crippen LogP contribution in [0.5, 0.6) is 5.75 Å². The van der Waals surface area contributed by atoms with Gasteiger partial charge in [-0.15, -0.1) is 0 Å². The van der Waals surface area contributed by atoms with Crippen molar-refractivity contribution in [2.45, 2.75) is 40.2 Å². The molecule has 1 aromatic carbocycles. The first-order chi connectivity index (χ1) is 14.3. The van der Waals surface area contributed by atoms with E-state index in [1.54, 1.807) is 0 Å². The van der Waals surface area contributed by atoms with E-state index in [4.69, 9.17) is 21.1 Å². The highest BCUT2D eigenvalue weighted by Gasteiger charge is 2.62. The van der Waals surface area contributed by atoms with E-state index >= 15 is 0 Å². The molecule has 0 spiro atoms. The monoisotopic (exact) mass is 474 g/mol. The second-order valence-electron chi connectivity index (χ2n) is 7.54. The molecule has 0 radical (unpaired) electrons. The van der Waals surface area contributed by atoms with E-state index in [2.05, 4.69) is 4.74 Å². The minimum Gasteiger partial charge on any atom is -0.490 e. The fourth-order valence-electron chi connectivity index (χ4n) is 3.35. The van der Waals surface area contributed by atoms with Crippen LogP contribution in [-0.2, 0) is 27.5 Å². The summed E-state index contributed by atoms with van der Waals surface area (Å²) in [5.74, 6) is -7.64. The van der Waals surface area contributed by atoms with Crippen molar-refractivity contribution in [1.29, 1.82) is 0 Å². The Balaban J connectivity index is 2.26. The van der Waals surface area contributed by atoms with Crippen LogP contribution in [0.4, 0.5) is 26.3 Å². The number of ether oxygens (including phenoxy) is 3. The molecule has 2 rings (SSSR count). The van der Waals surface area contributed by atoms with E-state index in [0.29, 0.717) is 0 Å². The first-order valence-corrected chi connectivity index (χ1v) is 9.57. The molecule has 0 bridgehead atoms. The van der Waals surface area contributed by atoms with E-state index < -0.39 is 82.0 Å². The zero-order valence-corrected chi connectivity index (χ0v) is 17.9. The first kappa shape index (κ1) is 25.3. The Kier molecular flexibility index (Phi) is 7.58. The second kappa shape index (κ2) is 9.28. The van der Waals surface area contributed by atoms with Gasteiger partial charge in [-0.1, -0.05) is 31.5 Å². The molecule has 31 heavy (non-hydrogen) atoms. The lowest BCUT2D eigenvalue weighted by Gasteiger charge is -2.16. The highest BCUT2D eigenvalue weighted by Crippen LogP contribution is 2.60. The molecule has 4 nitrogen and oxygen atoms in total. The third kappa shape index (κ3) is 5.11. The number of hydrogen-bond acceptors (Lipinski definition) is 4. The SMILES string of the molecule is CCOc1c(F)c(COC)c(F)c(F)c1COC(=O)[C@@H]1[C@H](C=C(Cl)C(F)(F)F)C1(C)C. The molecule has 0 amide bonds. The normalized spacial score (nSPS) is 20.5. The molecule has 0 aromatic heterocycles. The summed E-state index contributed by atoms with van der Waals surface area (Å²) in [6, 6.07) is 0. The van der Waals surface area contributed by atoms with E-state index in [9.17, 15) is 31.1 Å². The maximum atomic E-state index is 14.6. The molecular formula is C20H21ClF6O4. The molecule has 1 aliphatic rings. The van der Waals surface area contributed by atoms with Crippen LogP contribution in [0.2, 0.25) is 0 Å². The molecule has 0 unspecified atom stereocenters. The fraction of sp³-hybridized carbons (Fsp3) is 0.550. The summed E-state index contributed by atoms with van der Waals surface area (Å²) in [5.41, 5.74) is -2.25. The second-order valence-corrected chi connectivity index (χ2v) is 7.95.